The van der Waals surface area contributed by atoms with Crippen LogP contribution >= 0.6 is 0 Å². The monoisotopic (exact) mass is 332 g/mol. The van der Waals surface area contributed by atoms with Gasteiger partial charge in [-0.05, 0) is 31.7 Å². The van der Waals surface area contributed by atoms with Crippen molar-refractivity contribution < 1.29 is 9.53 Å². The van der Waals surface area contributed by atoms with Gasteiger partial charge in [0.25, 0.3) is 0 Å². The molecule has 1 fully saturated rings. The minimum absolute atomic E-state index is 0.221. The van der Waals surface area contributed by atoms with E-state index < -0.39 is 0 Å². The van der Waals surface area contributed by atoms with Crippen molar-refractivity contribution in [1.29, 1.82) is 0 Å². The molecule has 2 aromatic rings. The number of hydrogen-bond donors (Lipinski definition) is 1. The molecule has 0 radical (unpaired) electrons. The molecule has 1 N–H and O–H groups in total. The number of carbonyl (C=O) groups is 1. The number of carbonyl (C=O) groups excluding carboxylic acids is 1. The van der Waals surface area contributed by atoms with Crippen LogP contribution in [0.15, 0.2) is 12.4 Å². The Balaban J connectivity index is 1.70. The van der Waals surface area contributed by atoms with Crippen molar-refractivity contribution in [3.63, 3.8) is 0 Å². The molecular formula is C16H24N6O2. The number of anilines is 1. The predicted octanol–water partition coefficient (Wildman–Crippen LogP) is 2.28. The predicted molar refractivity (Wildman–Crippen MR) is 90.1 cm³/mol. The van der Waals surface area contributed by atoms with E-state index in [-0.39, 0.29) is 6.09 Å². The minimum atomic E-state index is -0.221. The zero-order valence-corrected chi connectivity index (χ0v) is 14.4. The van der Waals surface area contributed by atoms with Crippen LogP contribution in [0.25, 0.3) is 5.65 Å². The number of nitrogens with zero attached hydrogens (tertiary/aromatic N) is 5. The number of fused-ring (bicyclic) bond motifs is 1. The van der Waals surface area contributed by atoms with Crippen LogP contribution in [0.3, 0.4) is 0 Å². The van der Waals surface area contributed by atoms with Crippen molar-refractivity contribution in [3.8, 4) is 0 Å². The number of nitrogens with one attached hydrogen (secondary N) is 1. The first-order valence-corrected chi connectivity index (χ1v) is 8.47. The second-order valence-corrected chi connectivity index (χ2v) is 6.34. The first-order valence-electron chi connectivity index (χ1n) is 8.47. The van der Waals surface area contributed by atoms with Crippen LogP contribution in [0.2, 0.25) is 0 Å². The van der Waals surface area contributed by atoms with Crippen LogP contribution < -0.4 is 5.32 Å². The van der Waals surface area contributed by atoms with Gasteiger partial charge < -0.3 is 15.0 Å². The molecule has 0 aromatic carbocycles. The van der Waals surface area contributed by atoms with Gasteiger partial charge in [-0.25, -0.2) is 4.79 Å². The summed E-state index contributed by atoms with van der Waals surface area (Å²) in [5, 5.41) is 16.2. The minimum Gasteiger partial charge on any atom is -0.450 e. The molecule has 8 nitrogen and oxygen atoms in total. The Morgan fingerprint density at radius 3 is 2.83 bits per heavy atom. The van der Waals surface area contributed by atoms with Gasteiger partial charge >= 0.3 is 6.09 Å². The van der Waals surface area contributed by atoms with E-state index in [4.69, 9.17) is 4.74 Å². The fraction of sp³-hybridized carbons (Fsp3) is 0.625. The normalized spacial score (nSPS) is 15.9. The van der Waals surface area contributed by atoms with E-state index in [1.165, 1.54) is 0 Å². The molecule has 1 amide bonds. The molecule has 0 atom stereocenters. The molecule has 8 heteroatoms. The van der Waals surface area contributed by atoms with Crippen LogP contribution in [-0.2, 0) is 4.74 Å². The van der Waals surface area contributed by atoms with Crippen molar-refractivity contribution in [3.05, 3.63) is 18.1 Å². The highest BCUT2D eigenvalue weighted by atomic mass is 16.6. The van der Waals surface area contributed by atoms with E-state index in [1.54, 1.807) is 15.7 Å². The van der Waals surface area contributed by atoms with Gasteiger partial charge in [0.2, 0.25) is 5.65 Å². The van der Waals surface area contributed by atoms with Crippen molar-refractivity contribution in [1.82, 2.24) is 24.7 Å². The van der Waals surface area contributed by atoms with Gasteiger partial charge in [0.15, 0.2) is 0 Å². The zero-order valence-electron chi connectivity index (χ0n) is 14.4. The summed E-state index contributed by atoms with van der Waals surface area (Å²) in [6.45, 7) is 7.85. The summed E-state index contributed by atoms with van der Waals surface area (Å²) in [4.78, 5) is 13.5. The molecule has 0 unspecified atom stereocenters. The summed E-state index contributed by atoms with van der Waals surface area (Å²) in [5.41, 5.74) is 2.67. The van der Waals surface area contributed by atoms with Gasteiger partial charge in [-0.1, -0.05) is 13.8 Å². The number of piperidine rings is 1. The number of likely N-dealkylation sites (tertiary alicyclic amines) is 1. The van der Waals surface area contributed by atoms with E-state index in [9.17, 15) is 4.79 Å². The molecule has 2 aromatic heterocycles. The molecule has 1 saturated heterocycles. The zero-order chi connectivity index (χ0) is 17.1. The smallest absolute Gasteiger partial charge is 0.409 e. The van der Waals surface area contributed by atoms with Gasteiger partial charge in [0.05, 0.1) is 18.0 Å². The van der Waals surface area contributed by atoms with Crippen LogP contribution in [0, 0.1) is 0 Å². The van der Waals surface area contributed by atoms with Crippen LogP contribution in [0.1, 0.15) is 45.2 Å². The average molecular weight is 332 g/mol. The maximum absolute atomic E-state index is 11.8. The molecular weight excluding hydrogens is 308 g/mol. The van der Waals surface area contributed by atoms with Crippen molar-refractivity contribution >= 4 is 17.4 Å². The lowest BCUT2D eigenvalue weighted by atomic mass is 10.0. The standard InChI is InChI=1S/C16H24N6O2/c1-4-24-16(23)21-7-5-12(6-8-21)18-14-9-13(11(2)3)20-22-10-17-19-15(14)22/h9-12,18H,4-8H2,1-3H3. The highest BCUT2D eigenvalue weighted by Crippen LogP contribution is 2.23. The third-order valence-electron chi connectivity index (χ3n) is 4.26. The quantitative estimate of drug-likeness (QED) is 0.924. The summed E-state index contributed by atoms with van der Waals surface area (Å²) in [7, 11) is 0. The van der Waals surface area contributed by atoms with E-state index in [2.05, 4.69) is 34.5 Å². The third-order valence-corrected chi connectivity index (χ3v) is 4.26. The molecule has 3 rings (SSSR count). The van der Waals surface area contributed by atoms with Crippen LogP contribution in [-0.4, -0.2) is 56.5 Å². The first kappa shape index (κ1) is 16.5. The Kier molecular flexibility index (Phi) is 4.82. The molecule has 0 aliphatic carbocycles. The van der Waals surface area contributed by atoms with Crippen molar-refractivity contribution in [2.75, 3.05) is 25.0 Å². The number of rotatable bonds is 4. The number of amides is 1. The van der Waals surface area contributed by atoms with Crippen molar-refractivity contribution in [2.24, 2.45) is 0 Å². The molecule has 1 aliphatic rings. The first-order chi connectivity index (χ1) is 11.6. The Morgan fingerprint density at radius 2 is 2.17 bits per heavy atom. The molecule has 0 bridgehead atoms. The molecule has 1 aliphatic heterocycles. The molecule has 24 heavy (non-hydrogen) atoms. The second kappa shape index (κ2) is 7.02. The lowest BCUT2D eigenvalue weighted by Crippen LogP contribution is -2.42. The summed E-state index contributed by atoms with van der Waals surface area (Å²) in [6, 6.07) is 2.34. The molecule has 0 saturated carbocycles. The Morgan fingerprint density at radius 1 is 1.42 bits per heavy atom. The third kappa shape index (κ3) is 3.42. The fourth-order valence-electron chi connectivity index (χ4n) is 2.88. The average Bonchev–Trinajstić information content (AvgIpc) is 3.04. The highest BCUT2D eigenvalue weighted by molar-refractivity contribution is 5.68. The second-order valence-electron chi connectivity index (χ2n) is 6.34. The maximum atomic E-state index is 11.8. The molecule has 0 spiro atoms. The van der Waals surface area contributed by atoms with Crippen molar-refractivity contribution in [2.45, 2.75) is 45.6 Å². The Bertz CT molecular complexity index is 706. The lowest BCUT2D eigenvalue weighted by molar-refractivity contribution is 0.0983. The van der Waals surface area contributed by atoms with Gasteiger partial charge in [-0.15, -0.1) is 10.2 Å². The summed E-state index contributed by atoms with van der Waals surface area (Å²) < 4.78 is 6.77. The van der Waals surface area contributed by atoms with Gasteiger partial charge in [-0.2, -0.15) is 9.61 Å². The number of hydrogen-bond acceptors (Lipinski definition) is 6. The van der Waals surface area contributed by atoms with Gasteiger partial charge in [0.1, 0.15) is 6.33 Å². The molecule has 3 heterocycles. The topological polar surface area (TPSA) is 84.7 Å². The Labute approximate surface area is 141 Å². The summed E-state index contributed by atoms with van der Waals surface area (Å²) in [5.74, 6) is 0.322. The van der Waals surface area contributed by atoms with Gasteiger partial charge in [0, 0.05) is 19.1 Å². The molecule has 130 valence electrons. The number of ether oxygens (including phenoxy) is 1. The van der Waals surface area contributed by atoms with Crippen LogP contribution in [0.4, 0.5) is 10.5 Å². The largest absolute Gasteiger partial charge is 0.450 e. The van der Waals surface area contributed by atoms with E-state index in [0.29, 0.717) is 31.7 Å². The van der Waals surface area contributed by atoms with E-state index >= 15 is 0 Å². The SMILES string of the molecule is CCOC(=O)N1CCC(Nc2cc(C(C)C)nn3cnnc23)CC1. The highest BCUT2D eigenvalue weighted by Gasteiger charge is 2.24. The Hall–Kier alpha value is -2.38. The van der Waals surface area contributed by atoms with E-state index in [1.807, 2.05) is 13.0 Å². The van der Waals surface area contributed by atoms with E-state index in [0.717, 1.165) is 29.9 Å². The summed E-state index contributed by atoms with van der Waals surface area (Å²) >= 11 is 0. The fourth-order valence-corrected chi connectivity index (χ4v) is 2.88. The lowest BCUT2D eigenvalue weighted by Gasteiger charge is -2.32. The maximum Gasteiger partial charge on any atom is 0.409 e. The van der Waals surface area contributed by atoms with Gasteiger partial charge in [-0.3, -0.25) is 0 Å². The number of aromatic nitrogens is 4. The van der Waals surface area contributed by atoms with Crippen LogP contribution in [0.5, 0.6) is 0 Å². The summed E-state index contributed by atoms with van der Waals surface area (Å²) in [6.07, 6.45) is 3.15.